The summed E-state index contributed by atoms with van der Waals surface area (Å²) in [4.78, 5) is 26.7. The van der Waals surface area contributed by atoms with Crippen molar-refractivity contribution in [1.82, 2.24) is 10.2 Å². The Kier molecular flexibility index (Phi) is 5.13. The first-order chi connectivity index (χ1) is 13.5. The molecule has 0 saturated carbocycles. The summed E-state index contributed by atoms with van der Waals surface area (Å²) < 4.78 is 13.3. The van der Waals surface area contributed by atoms with E-state index < -0.39 is 0 Å². The maximum absolute atomic E-state index is 13.3. The number of nitrogens with zero attached hydrogens (tertiary/aromatic N) is 1. The number of nitrogens with one attached hydrogen (secondary N) is 2. The van der Waals surface area contributed by atoms with Gasteiger partial charge >= 0.3 is 0 Å². The van der Waals surface area contributed by atoms with Crippen LogP contribution in [0.15, 0.2) is 54.6 Å². The molecule has 4 rings (SSSR count). The highest BCUT2D eigenvalue weighted by molar-refractivity contribution is 5.92. The Labute approximate surface area is 163 Å². The van der Waals surface area contributed by atoms with Crippen molar-refractivity contribution in [1.29, 1.82) is 0 Å². The van der Waals surface area contributed by atoms with Gasteiger partial charge in [-0.25, -0.2) is 4.39 Å². The molecule has 6 heteroatoms. The van der Waals surface area contributed by atoms with Gasteiger partial charge in [0.2, 0.25) is 11.8 Å². The number of anilines is 1. The summed E-state index contributed by atoms with van der Waals surface area (Å²) in [6.45, 7) is 1.53. The van der Waals surface area contributed by atoms with Gasteiger partial charge in [-0.3, -0.25) is 14.5 Å². The van der Waals surface area contributed by atoms with Gasteiger partial charge in [-0.05, 0) is 36.6 Å². The summed E-state index contributed by atoms with van der Waals surface area (Å²) >= 11 is 0. The predicted molar refractivity (Wildman–Crippen MR) is 105 cm³/mol. The monoisotopic (exact) mass is 381 g/mol. The lowest BCUT2D eigenvalue weighted by molar-refractivity contribution is -0.125. The summed E-state index contributed by atoms with van der Waals surface area (Å²) in [6.07, 6.45) is 2.32. The van der Waals surface area contributed by atoms with Gasteiger partial charge in [-0.2, -0.15) is 0 Å². The summed E-state index contributed by atoms with van der Waals surface area (Å²) in [5, 5.41) is 6.00. The standard InChI is InChI=1S/C22H24FN3O2/c23-17-8-4-9-18(12-17)24-21(28)14-26-13-19(16-6-2-1-3-7-16)22(15-26)11-5-10-20(27)25-22/h1-4,6-9,12,19H,5,10-11,13-15H2,(H,24,28)(H,25,27)/t19-,22+/m0/s1. The maximum atomic E-state index is 13.3. The van der Waals surface area contributed by atoms with Crippen molar-refractivity contribution < 1.29 is 14.0 Å². The Hall–Kier alpha value is -2.73. The van der Waals surface area contributed by atoms with Crippen molar-refractivity contribution in [3.8, 4) is 0 Å². The van der Waals surface area contributed by atoms with E-state index in [2.05, 4.69) is 27.7 Å². The quantitative estimate of drug-likeness (QED) is 0.856. The second-order valence-electron chi connectivity index (χ2n) is 7.75. The molecule has 2 aliphatic heterocycles. The average molecular weight is 381 g/mol. The van der Waals surface area contributed by atoms with Crippen LogP contribution < -0.4 is 10.6 Å². The Bertz CT molecular complexity index is 873. The number of halogens is 1. The summed E-state index contributed by atoms with van der Waals surface area (Å²) in [5.41, 5.74) is 1.29. The van der Waals surface area contributed by atoms with E-state index in [0.29, 0.717) is 25.2 Å². The summed E-state index contributed by atoms with van der Waals surface area (Å²) in [5.74, 6) is -0.346. The highest BCUT2D eigenvalue weighted by Crippen LogP contribution is 2.41. The molecule has 2 aromatic rings. The zero-order valence-electron chi connectivity index (χ0n) is 15.7. The van der Waals surface area contributed by atoms with E-state index in [4.69, 9.17) is 0 Å². The molecule has 2 aromatic carbocycles. The van der Waals surface area contributed by atoms with Crippen molar-refractivity contribution in [2.24, 2.45) is 0 Å². The first kappa shape index (κ1) is 18.6. The zero-order chi connectivity index (χ0) is 19.6. The number of hydrogen-bond donors (Lipinski definition) is 2. The number of hydrogen-bond acceptors (Lipinski definition) is 3. The first-order valence-corrected chi connectivity index (χ1v) is 9.68. The molecule has 0 radical (unpaired) electrons. The smallest absolute Gasteiger partial charge is 0.238 e. The molecule has 28 heavy (non-hydrogen) atoms. The number of piperidine rings is 1. The highest BCUT2D eigenvalue weighted by atomic mass is 19.1. The fourth-order valence-electron chi connectivity index (χ4n) is 4.55. The number of likely N-dealkylation sites (tertiary alicyclic amines) is 1. The van der Waals surface area contributed by atoms with Crippen LogP contribution in [0.5, 0.6) is 0 Å². The molecular weight excluding hydrogens is 357 g/mol. The van der Waals surface area contributed by atoms with E-state index in [9.17, 15) is 14.0 Å². The number of rotatable bonds is 4. The Balaban J connectivity index is 1.49. The number of amides is 2. The van der Waals surface area contributed by atoms with Gasteiger partial charge in [0.05, 0.1) is 12.1 Å². The fraction of sp³-hybridized carbons (Fsp3) is 0.364. The second kappa shape index (κ2) is 7.72. The third-order valence-electron chi connectivity index (χ3n) is 5.71. The number of carbonyl (C=O) groups excluding carboxylic acids is 2. The van der Waals surface area contributed by atoms with Crippen LogP contribution in [0.2, 0.25) is 0 Å². The fourth-order valence-corrected chi connectivity index (χ4v) is 4.55. The van der Waals surface area contributed by atoms with Crippen molar-refractivity contribution in [3.05, 3.63) is 66.0 Å². The van der Waals surface area contributed by atoms with Gasteiger partial charge in [0.25, 0.3) is 0 Å². The van der Waals surface area contributed by atoms with Crippen LogP contribution in [0.25, 0.3) is 0 Å². The van der Waals surface area contributed by atoms with E-state index in [1.165, 1.54) is 17.7 Å². The van der Waals surface area contributed by atoms with E-state index in [1.807, 2.05) is 18.2 Å². The van der Waals surface area contributed by atoms with Crippen LogP contribution in [0.1, 0.15) is 30.7 Å². The molecule has 2 aliphatic rings. The van der Waals surface area contributed by atoms with Gasteiger partial charge in [-0.15, -0.1) is 0 Å². The van der Waals surface area contributed by atoms with Crippen LogP contribution in [0.3, 0.4) is 0 Å². The molecule has 0 bridgehead atoms. The molecule has 2 N–H and O–H groups in total. The van der Waals surface area contributed by atoms with Crippen LogP contribution in [-0.2, 0) is 9.59 Å². The molecule has 0 unspecified atom stereocenters. The molecule has 2 fully saturated rings. The minimum Gasteiger partial charge on any atom is -0.349 e. The third kappa shape index (κ3) is 3.92. The van der Waals surface area contributed by atoms with Gasteiger partial charge in [0.15, 0.2) is 0 Å². The Morgan fingerprint density at radius 2 is 2.04 bits per heavy atom. The Morgan fingerprint density at radius 1 is 1.21 bits per heavy atom. The van der Waals surface area contributed by atoms with Gasteiger partial charge in [0.1, 0.15) is 5.82 Å². The lowest BCUT2D eigenvalue weighted by Crippen LogP contribution is -2.56. The van der Waals surface area contributed by atoms with Gasteiger partial charge in [0, 0.05) is 31.1 Å². The van der Waals surface area contributed by atoms with E-state index in [1.54, 1.807) is 12.1 Å². The highest BCUT2D eigenvalue weighted by Gasteiger charge is 2.49. The topological polar surface area (TPSA) is 61.4 Å². The van der Waals surface area contributed by atoms with Crippen molar-refractivity contribution >= 4 is 17.5 Å². The minimum atomic E-state index is -0.382. The van der Waals surface area contributed by atoms with Crippen LogP contribution >= 0.6 is 0 Å². The van der Waals surface area contributed by atoms with E-state index in [-0.39, 0.29) is 35.6 Å². The number of carbonyl (C=O) groups is 2. The Morgan fingerprint density at radius 3 is 2.79 bits per heavy atom. The summed E-state index contributed by atoms with van der Waals surface area (Å²) in [6, 6.07) is 16.1. The average Bonchev–Trinajstić information content (AvgIpc) is 2.99. The molecule has 2 saturated heterocycles. The van der Waals surface area contributed by atoms with Crippen molar-refractivity contribution in [2.75, 3.05) is 25.0 Å². The zero-order valence-corrected chi connectivity index (χ0v) is 15.7. The normalized spacial score (nSPS) is 24.9. The molecule has 5 nitrogen and oxygen atoms in total. The maximum Gasteiger partial charge on any atom is 0.238 e. The molecule has 2 heterocycles. The van der Waals surface area contributed by atoms with Crippen LogP contribution in [0.4, 0.5) is 10.1 Å². The van der Waals surface area contributed by atoms with E-state index in [0.717, 1.165) is 12.8 Å². The predicted octanol–water partition coefficient (Wildman–Crippen LogP) is 2.90. The van der Waals surface area contributed by atoms with Gasteiger partial charge in [-0.1, -0.05) is 36.4 Å². The van der Waals surface area contributed by atoms with Crippen LogP contribution in [-0.4, -0.2) is 41.9 Å². The lowest BCUT2D eigenvalue weighted by Gasteiger charge is -2.39. The lowest BCUT2D eigenvalue weighted by atomic mass is 9.76. The molecule has 2 amide bonds. The van der Waals surface area contributed by atoms with E-state index >= 15 is 0 Å². The van der Waals surface area contributed by atoms with Crippen LogP contribution in [0, 0.1) is 5.82 Å². The molecule has 2 atom stereocenters. The van der Waals surface area contributed by atoms with Crippen molar-refractivity contribution in [2.45, 2.75) is 30.7 Å². The molecule has 0 aromatic heterocycles. The molecule has 0 aliphatic carbocycles. The second-order valence-corrected chi connectivity index (χ2v) is 7.75. The molecular formula is C22H24FN3O2. The summed E-state index contributed by atoms with van der Waals surface area (Å²) in [7, 11) is 0. The minimum absolute atomic E-state index is 0.0817. The largest absolute Gasteiger partial charge is 0.349 e. The van der Waals surface area contributed by atoms with Crippen molar-refractivity contribution in [3.63, 3.8) is 0 Å². The van der Waals surface area contributed by atoms with Gasteiger partial charge < -0.3 is 10.6 Å². The SMILES string of the molecule is O=C(CN1C[C@@H](c2ccccc2)[C@@]2(CCCC(=O)N2)C1)Nc1cccc(F)c1. The molecule has 1 spiro atoms. The number of benzene rings is 2. The third-order valence-corrected chi connectivity index (χ3v) is 5.71. The molecule has 146 valence electrons. The first-order valence-electron chi connectivity index (χ1n) is 9.68.